The van der Waals surface area contributed by atoms with E-state index in [1.807, 2.05) is 35.9 Å². The zero-order valence-corrected chi connectivity index (χ0v) is 11.8. The summed E-state index contributed by atoms with van der Waals surface area (Å²) >= 11 is 1.60. The Balaban J connectivity index is 1.91. The first-order chi connectivity index (χ1) is 9.78. The number of rotatable bonds is 4. The lowest BCUT2D eigenvalue weighted by Gasteiger charge is -2.09. The molecule has 0 amide bonds. The number of nitrogens with zero attached hydrogens (tertiary/aromatic N) is 4. The van der Waals surface area contributed by atoms with Gasteiger partial charge < -0.3 is 9.99 Å². The van der Waals surface area contributed by atoms with Crippen LogP contribution in [-0.2, 0) is 12.8 Å². The molecular formula is C13H14N6S. The Bertz CT molecular complexity index is 739. The second-order valence-electron chi connectivity index (χ2n) is 4.35. The lowest BCUT2D eigenvalue weighted by atomic mass is 10.1. The molecule has 102 valence electrons. The third-order valence-corrected chi connectivity index (χ3v) is 4.05. The molecule has 0 aliphatic heterocycles. The van der Waals surface area contributed by atoms with Gasteiger partial charge in [0.2, 0.25) is 0 Å². The zero-order chi connectivity index (χ0) is 13.9. The van der Waals surface area contributed by atoms with Crippen molar-refractivity contribution in [2.24, 2.45) is 12.9 Å². The fraction of sp³-hybridized carbons (Fsp3) is 0.154. The number of nitrogens with one attached hydrogen (secondary N) is 1. The second kappa shape index (κ2) is 5.48. The number of anilines is 1. The molecule has 0 bridgehead atoms. The molecule has 0 saturated carbocycles. The van der Waals surface area contributed by atoms with Gasteiger partial charge in [0, 0.05) is 23.8 Å². The van der Waals surface area contributed by atoms with Gasteiger partial charge in [-0.05, 0) is 12.1 Å². The van der Waals surface area contributed by atoms with E-state index in [9.17, 15) is 0 Å². The number of benzene rings is 1. The van der Waals surface area contributed by atoms with Gasteiger partial charge in [0.25, 0.3) is 0 Å². The molecule has 20 heavy (non-hydrogen) atoms. The molecule has 0 radical (unpaired) electrons. The number of thioether (sulfide) groups is 1. The summed E-state index contributed by atoms with van der Waals surface area (Å²) in [5.41, 5.74) is 4.63. The van der Waals surface area contributed by atoms with Crippen molar-refractivity contribution < 1.29 is 0 Å². The number of aryl methyl sites for hydroxylation is 1. The van der Waals surface area contributed by atoms with E-state index in [-0.39, 0.29) is 0 Å². The van der Waals surface area contributed by atoms with Gasteiger partial charge in [0.1, 0.15) is 12.1 Å². The lowest BCUT2D eigenvalue weighted by molar-refractivity contribution is 0.788. The predicted octanol–water partition coefficient (Wildman–Crippen LogP) is 1.94. The number of para-hydroxylation sites is 1. The maximum Gasteiger partial charge on any atom is 0.191 e. The van der Waals surface area contributed by atoms with Crippen LogP contribution in [0.3, 0.4) is 0 Å². The summed E-state index contributed by atoms with van der Waals surface area (Å²) in [6.45, 7) is 0. The van der Waals surface area contributed by atoms with Gasteiger partial charge in [0.05, 0.1) is 5.52 Å². The highest BCUT2D eigenvalue weighted by atomic mass is 32.2. The number of aromatic nitrogens is 4. The van der Waals surface area contributed by atoms with Crippen LogP contribution in [0.5, 0.6) is 0 Å². The van der Waals surface area contributed by atoms with E-state index in [0.717, 1.165) is 27.4 Å². The zero-order valence-electron chi connectivity index (χ0n) is 10.9. The molecule has 6 nitrogen and oxygen atoms in total. The molecule has 1 aromatic carbocycles. The van der Waals surface area contributed by atoms with Gasteiger partial charge in [-0.3, -0.25) is 0 Å². The van der Waals surface area contributed by atoms with Gasteiger partial charge in [-0.1, -0.05) is 30.0 Å². The van der Waals surface area contributed by atoms with Gasteiger partial charge in [0.15, 0.2) is 5.16 Å². The maximum absolute atomic E-state index is 5.57. The van der Waals surface area contributed by atoms with Crippen LogP contribution in [0.15, 0.2) is 41.8 Å². The molecule has 2 heterocycles. The number of fused-ring (bicyclic) bond motifs is 1. The minimum absolute atomic E-state index is 0.693. The van der Waals surface area contributed by atoms with Crippen LogP contribution in [0.1, 0.15) is 5.56 Å². The molecule has 7 heteroatoms. The molecule has 2 aromatic heterocycles. The molecule has 3 rings (SSSR count). The monoisotopic (exact) mass is 286 g/mol. The summed E-state index contributed by atoms with van der Waals surface area (Å²) in [5.74, 6) is 6.98. The summed E-state index contributed by atoms with van der Waals surface area (Å²) in [5, 5.41) is 9.87. The van der Waals surface area contributed by atoms with Crippen molar-refractivity contribution in [2.75, 3.05) is 5.43 Å². The Hall–Kier alpha value is -2.12. The van der Waals surface area contributed by atoms with Crippen molar-refractivity contribution in [2.45, 2.75) is 10.9 Å². The number of nitrogens with two attached hydrogens (primary N) is 1. The van der Waals surface area contributed by atoms with Crippen LogP contribution in [0.4, 0.5) is 5.82 Å². The standard InChI is InChI=1S/C13H14N6S/c1-19-8-15-18-13(19)20-7-10-6-9-4-2-3-5-11(9)16-12(10)17-14/h2-6,8H,7,14H2,1H3,(H,16,17). The van der Waals surface area contributed by atoms with E-state index in [2.05, 4.69) is 26.7 Å². The molecule has 0 aliphatic carbocycles. The van der Waals surface area contributed by atoms with Gasteiger partial charge in [-0.25, -0.2) is 10.8 Å². The Kier molecular flexibility index (Phi) is 3.53. The van der Waals surface area contributed by atoms with Crippen molar-refractivity contribution in [1.82, 2.24) is 19.7 Å². The third-order valence-electron chi connectivity index (χ3n) is 2.97. The van der Waals surface area contributed by atoms with Gasteiger partial charge in [-0.15, -0.1) is 10.2 Å². The average Bonchev–Trinajstić information content (AvgIpc) is 2.89. The van der Waals surface area contributed by atoms with E-state index < -0.39 is 0 Å². The number of pyridine rings is 1. The van der Waals surface area contributed by atoms with Crippen LogP contribution in [0.25, 0.3) is 10.9 Å². The smallest absolute Gasteiger partial charge is 0.191 e. The second-order valence-corrected chi connectivity index (χ2v) is 5.29. The van der Waals surface area contributed by atoms with E-state index in [1.165, 1.54) is 0 Å². The van der Waals surface area contributed by atoms with Crippen molar-refractivity contribution in [3.05, 3.63) is 42.2 Å². The largest absolute Gasteiger partial charge is 0.312 e. The van der Waals surface area contributed by atoms with Crippen molar-refractivity contribution >= 4 is 28.5 Å². The van der Waals surface area contributed by atoms with Gasteiger partial charge in [-0.2, -0.15) is 0 Å². The van der Waals surface area contributed by atoms with Gasteiger partial charge >= 0.3 is 0 Å². The van der Waals surface area contributed by atoms with E-state index in [1.54, 1.807) is 18.1 Å². The topological polar surface area (TPSA) is 81.7 Å². The molecule has 3 aromatic rings. The SMILES string of the molecule is Cn1cnnc1SCc1cc2ccccc2nc1NN. The Morgan fingerprint density at radius 2 is 2.20 bits per heavy atom. The average molecular weight is 286 g/mol. The normalized spacial score (nSPS) is 10.9. The first-order valence-electron chi connectivity index (χ1n) is 6.10. The lowest BCUT2D eigenvalue weighted by Crippen LogP contribution is -2.11. The highest BCUT2D eigenvalue weighted by Crippen LogP contribution is 2.26. The molecule has 0 spiro atoms. The van der Waals surface area contributed by atoms with Crippen LogP contribution in [0.2, 0.25) is 0 Å². The summed E-state index contributed by atoms with van der Waals surface area (Å²) in [7, 11) is 1.92. The number of hydrogen-bond donors (Lipinski definition) is 2. The van der Waals surface area contributed by atoms with Crippen LogP contribution < -0.4 is 11.3 Å². The summed E-state index contributed by atoms with van der Waals surface area (Å²) in [6.07, 6.45) is 1.68. The molecule has 3 N–H and O–H groups in total. The maximum atomic E-state index is 5.57. The van der Waals surface area contributed by atoms with E-state index in [0.29, 0.717) is 5.82 Å². The van der Waals surface area contributed by atoms with Crippen LogP contribution in [0, 0.1) is 0 Å². The molecule has 0 unspecified atom stereocenters. The molecule has 0 saturated heterocycles. The first-order valence-corrected chi connectivity index (χ1v) is 7.08. The highest BCUT2D eigenvalue weighted by Gasteiger charge is 2.08. The fourth-order valence-corrected chi connectivity index (χ4v) is 2.80. The minimum atomic E-state index is 0.693. The molecular weight excluding hydrogens is 272 g/mol. The number of nitrogen functional groups attached to an aromatic ring is 1. The number of hydrazine groups is 1. The number of hydrogen-bond acceptors (Lipinski definition) is 6. The quantitative estimate of drug-likeness (QED) is 0.433. The first kappa shape index (κ1) is 12.9. The summed E-state index contributed by atoms with van der Waals surface area (Å²) in [4.78, 5) is 4.52. The molecule has 0 aliphatic rings. The van der Waals surface area contributed by atoms with Crippen molar-refractivity contribution in [3.63, 3.8) is 0 Å². The summed E-state index contributed by atoms with van der Waals surface area (Å²) in [6, 6.07) is 10.1. The Morgan fingerprint density at radius 1 is 1.35 bits per heavy atom. The predicted molar refractivity (Wildman–Crippen MR) is 80.1 cm³/mol. The van der Waals surface area contributed by atoms with E-state index >= 15 is 0 Å². The molecule has 0 fully saturated rings. The fourth-order valence-electron chi connectivity index (χ4n) is 1.94. The highest BCUT2D eigenvalue weighted by molar-refractivity contribution is 7.98. The minimum Gasteiger partial charge on any atom is -0.312 e. The summed E-state index contributed by atoms with van der Waals surface area (Å²) < 4.78 is 1.88. The van der Waals surface area contributed by atoms with Crippen molar-refractivity contribution in [3.8, 4) is 0 Å². The Labute approximate surface area is 120 Å². The Morgan fingerprint density at radius 3 is 2.95 bits per heavy atom. The van der Waals surface area contributed by atoms with Crippen LogP contribution in [-0.4, -0.2) is 19.7 Å². The third kappa shape index (κ3) is 2.45. The van der Waals surface area contributed by atoms with E-state index in [4.69, 9.17) is 5.84 Å². The van der Waals surface area contributed by atoms with Crippen molar-refractivity contribution in [1.29, 1.82) is 0 Å². The molecule has 0 atom stereocenters. The van der Waals surface area contributed by atoms with Crippen LogP contribution >= 0.6 is 11.8 Å².